The number of H-pyrrole nitrogens is 1. The molecule has 0 saturated heterocycles. The van der Waals surface area contributed by atoms with Crippen LogP contribution in [0.1, 0.15) is 31.4 Å². The standard InChI is InChI=1S/C24H24ClN3O2/c1-3-16(2)30-23-9-8-17(13-21(23)25)12-19(14-26)24(29)27-11-10-18-15-28-22-7-5-4-6-20(18)22/h4-9,12-13,15-16,28H,3,10-11H2,1-2H3,(H,27,29)/b19-12-/t16-/m1/s1. The van der Waals surface area contributed by atoms with Gasteiger partial charge in [0, 0.05) is 23.6 Å². The highest BCUT2D eigenvalue weighted by atomic mass is 35.5. The summed E-state index contributed by atoms with van der Waals surface area (Å²) in [5, 5.41) is 13.8. The van der Waals surface area contributed by atoms with Crippen LogP contribution >= 0.6 is 11.6 Å². The van der Waals surface area contributed by atoms with E-state index in [1.54, 1.807) is 18.2 Å². The Morgan fingerprint density at radius 3 is 2.87 bits per heavy atom. The summed E-state index contributed by atoms with van der Waals surface area (Å²) in [5.74, 6) is 0.179. The molecule has 2 aromatic carbocycles. The van der Waals surface area contributed by atoms with E-state index in [-0.39, 0.29) is 11.7 Å². The van der Waals surface area contributed by atoms with Gasteiger partial charge in [-0.15, -0.1) is 0 Å². The molecule has 0 aliphatic rings. The van der Waals surface area contributed by atoms with Crippen molar-refractivity contribution in [1.82, 2.24) is 10.3 Å². The van der Waals surface area contributed by atoms with Gasteiger partial charge in [0.25, 0.3) is 5.91 Å². The molecule has 0 saturated carbocycles. The van der Waals surface area contributed by atoms with Crippen molar-refractivity contribution in [3.63, 3.8) is 0 Å². The number of amides is 1. The molecule has 3 rings (SSSR count). The fraction of sp³-hybridized carbons (Fsp3) is 0.250. The zero-order chi connectivity index (χ0) is 21.5. The Kier molecular flexibility index (Phi) is 7.16. The number of nitrogens with one attached hydrogen (secondary N) is 2. The monoisotopic (exact) mass is 421 g/mol. The van der Waals surface area contributed by atoms with Gasteiger partial charge in [-0.2, -0.15) is 5.26 Å². The normalized spacial score (nSPS) is 12.4. The van der Waals surface area contributed by atoms with E-state index in [1.165, 1.54) is 6.08 Å². The quantitative estimate of drug-likeness (QED) is 0.384. The second-order valence-electron chi connectivity index (χ2n) is 7.06. The van der Waals surface area contributed by atoms with Crippen molar-refractivity contribution in [2.45, 2.75) is 32.8 Å². The molecule has 30 heavy (non-hydrogen) atoms. The molecule has 3 aromatic rings. The SMILES string of the molecule is CC[C@@H](C)Oc1ccc(/C=C(/C#N)C(=O)NCCc2c[nH]c3ccccc23)cc1Cl. The van der Waals surface area contributed by atoms with Gasteiger partial charge >= 0.3 is 0 Å². The van der Waals surface area contributed by atoms with Crippen LogP contribution in [-0.4, -0.2) is 23.5 Å². The number of rotatable bonds is 8. The Bertz CT molecular complexity index is 1110. The molecule has 0 aliphatic heterocycles. The van der Waals surface area contributed by atoms with Crippen molar-refractivity contribution in [2.75, 3.05) is 6.54 Å². The average Bonchev–Trinajstić information content (AvgIpc) is 3.16. The third-order valence-electron chi connectivity index (χ3n) is 4.89. The number of hydrogen-bond donors (Lipinski definition) is 2. The molecule has 154 valence electrons. The van der Waals surface area contributed by atoms with Gasteiger partial charge < -0.3 is 15.0 Å². The molecule has 6 heteroatoms. The number of carbonyl (C=O) groups excluding carboxylic acids is 1. The van der Waals surface area contributed by atoms with Crippen molar-refractivity contribution >= 4 is 34.5 Å². The summed E-state index contributed by atoms with van der Waals surface area (Å²) >= 11 is 6.28. The van der Waals surface area contributed by atoms with Crippen molar-refractivity contribution in [2.24, 2.45) is 0 Å². The number of benzene rings is 2. The summed E-state index contributed by atoms with van der Waals surface area (Å²) < 4.78 is 5.75. The van der Waals surface area contributed by atoms with Crippen molar-refractivity contribution < 1.29 is 9.53 Å². The minimum atomic E-state index is -0.409. The number of para-hydroxylation sites is 1. The van der Waals surface area contributed by atoms with Crippen LogP contribution in [0.4, 0.5) is 0 Å². The van der Waals surface area contributed by atoms with E-state index in [0.29, 0.717) is 29.3 Å². The Morgan fingerprint density at radius 1 is 1.33 bits per heavy atom. The van der Waals surface area contributed by atoms with E-state index in [4.69, 9.17) is 16.3 Å². The molecule has 0 unspecified atom stereocenters. The third kappa shape index (κ3) is 5.22. The highest BCUT2D eigenvalue weighted by molar-refractivity contribution is 6.32. The fourth-order valence-electron chi connectivity index (χ4n) is 3.06. The number of nitrogens with zero attached hydrogens (tertiary/aromatic N) is 1. The summed E-state index contributed by atoms with van der Waals surface area (Å²) in [5.41, 5.74) is 2.88. The second-order valence-corrected chi connectivity index (χ2v) is 7.47. The van der Waals surface area contributed by atoms with Crippen LogP contribution in [0.2, 0.25) is 5.02 Å². The molecule has 0 aliphatic carbocycles. The first-order valence-electron chi connectivity index (χ1n) is 9.93. The van der Waals surface area contributed by atoms with Gasteiger partial charge in [-0.1, -0.05) is 42.8 Å². The van der Waals surface area contributed by atoms with E-state index in [9.17, 15) is 10.1 Å². The van der Waals surface area contributed by atoms with Crippen LogP contribution in [0.25, 0.3) is 17.0 Å². The Balaban J connectivity index is 1.63. The van der Waals surface area contributed by atoms with E-state index in [0.717, 1.165) is 22.9 Å². The zero-order valence-electron chi connectivity index (χ0n) is 17.0. The van der Waals surface area contributed by atoms with Gasteiger partial charge in [0.2, 0.25) is 0 Å². The van der Waals surface area contributed by atoms with E-state index >= 15 is 0 Å². The Morgan fingerprint density at radius 2 is 2.13 bits per heavy atom. The van der Waals surface area contributed by atoms with Gasteiger partial charge in [-0.05, 0) is 55.2 Å². The maximum absolute atomic E-state index is 12.4. The predicted molar refractivity (Wildman–Crippen MR) is 120 cm³/mol. The number of ether oxygens (including phenoxy) is 1. The first kappa shape index (κ1) is 21.5. The molecule has 1 amide bonds. The van der Waals surface area contributed by atoms with Crippen LogP contribution in [-0.2, 0) is 11.2 Å². The lowest BCUT2D eigenvalue weighted by Crippen LogP contribution is -2.26. The zero-order valence-corrected chi connectivity index (χ0v) is 17.8. The van der Waals surface area contributed by atoms with Gasteiger partial charge in [-0.3, -0.25) is 4.79 Å². The van der Waals surface area contributed by atoms with Gasteiger partial charge in [0.05, 0.1) is 11.1 Å². The molecular weight excluding hydrogens is 398 g/mol. The van der Waals surface area contributed by atoms with Crippen LogP contribution in [0, 0.1) is 11.3 Å². The van der Waals surface area contributed by atoms with E-state index in [2.05, 4.69) is 10.3 Å². The number of aromatic nitrogens is 1. The lowest BCUT2D eigenvalue weighted by Gasteiger charge is -2.14. The van der Waals surface area contributed by atoms with E-state index < -0.39 is 5.91 Å². The lowest BCUT2D eigenvalue weighted by molar-refractivity contribution is -0.117. The van der Waals surface area contributed by atoms with Crippen LogP contribution in [0.3, 0.4) is 0 Å². The molecule has 0 bridgehead atoms. The lowest BCUT2D eigenvalue weighted by atomic mass is 10.1. The molecule has 1 heterocycles. The molecule has 0 fully saturated rings. The molecule has 0 radical (unpaired) electrons. The van der Waals surface area contributed by atoms with Crippen molar-refractivity contribution in [3.8, 4) is 11.8 Å². The van der Waals surface area contributed by atoms with Gasteiger partial charge in [0.1, 0.15) is 17.4 Å². The second kappa shape index (κ2) is 10.00. The van der Waals surface area contributed by atoms with E-state index in [1.807, 2.05) is 50.4 Å². The average molecular weight is 422 g/mol. The van der Waals surface area contributed by atoms with Crippen molar-refractivity contribution in [3.05, 3.63) is 70.4 Å². The topological polar surface area (TPSA) is 77.9 Å². The Labute approximate surface area is 181 Å². The maximum atomic E-state index is 12.4. The summed E-state index contributed by atoms with van der Waals surface area (Å²) in [6, 6.07) is 15.2. The molecule has 0 spiro atoms. The highest BCUT2D eigenvalue weighted by Crippen LogP contribution is 2.27. The largest absolute Gasteiger partial charge is 0.489 e. The smallest absolute Gasteiger partial charge is 0.261 e. The number of hydrogen-bond acceptors (Lipinski definition) is 3. The van der Waals surface area contributed by atoms with Gasteiger partial charge in [-0.25, -0.2) is 0 Å². The summed E-state index contributed by atoms with van der Waals surface area (Å²) in [6.45, 7) is 4.44. The third-order valence-corrected chi connectivity index (χ3v) is 5.19. The molecule has 1 atom stereocenters. The number of nitriles is 1. The predicted octanol–water partition coefficient (Wildman–Crippen LogP) is 5.26. The number of aromatic amines is 1. The number of fused-ring (bicyclic) bond motifs is 1. The molecule has 2 N–H and O–H groups in total. The molecule has 1 aromatic heterocycles. The molecule has 5 nitrogen and oxygen atoms in total. The van der Waals surface area contributed by atoms with Crippen LogP contribution in [0.5, 0.6) is 5.75 Å². The maximum Gasteiger partial charge on any atom is 0.261 e. The number of halogens is 1. The summed E-state index contributed by atoms with van der Waals surface area (Å²) in [7, 11) is 0. The van der Waals surface area contributed by atoms with Gasteiger partial charge in [0.15, 0.2) is 0 Å². The highest BCUT2D eigenvalue weighted by Gasteiger charge is 2.11. The van der Waals surface area contributed by atoms with Crippen molar-refractivity contribution in [1.29, 1.82) is 5.26 Å². The van der Waals surface area contributed by atoms with Crippen LogP contribution < -0.4 is 10.1 Å². The summed E-state index contributed by atoms with van der Waals surface area (Å²) in [6.07, 6.45) is 5.07. The van der Waals surface area contributed by atoms with Crippen LogP contribution in [0.15, 0.2) is 54.2 Å². The number of carbonyl (C=O) groups is 1. The first-order chi connectivity index (χ1) is 14.5. The molecular formula is C24H24ClN3O2. The fourth-order valence-corrected chi connectivity index (χ4v) is 3.30. The first-order valence-corrected chi connectivity index (χ1v) is 10.3. The minimum absolute atomic E-state index is 0.0283. The minimum Gasteiger partial charge on any atom is -0.489 e. The summed E-state index contributed by atoms with van der Waals surface area (Å²) in [4.78, 5) is 15.7. The Hall–Kier alpha value is -3.23.